The summed E-state index contributed by atoms with van der Waals surface area (Å²) in [5.41, 5.74) is 13.9. The molecule has 0 bridgehead atoms. The summed E-state index contributed by atoms with van der Waals surface area (Å²) in [6, 6.07) is 9.75. The van der Waals surface area contributed by atoms with Gasteiger partial charge in [0.25, 0.3) is 0 Å². The maximum absolute atomic E-state index is 5.75. The van der Waals surface area contributed by atoms with E-state index in [9.17, 15) is 0 Å². The van der Waals surface area contributed by atoms with Crippen LogP contribution >= 0.6 is 0 Å². The Hall–Kier alpha value is -1.90. The number of allylic oxidation sites excluding steroid dienone is 3. The van der Waals surface area contributed by atoms with E-state index in [0.29, 0.717) is 11.6 Å². The van der Waals surface area contributed by atoms with Crippen LogP contribution in [0.15, 0.2) is 48.0 Å². The Morgan fingerprint density at radius 2 is 1.80 bits per heavy atom. The largest absolute Gasteiger partial charge is 0.482 e. The zero-order valence-electron chi connectivity index (χ0n) is 9.03. The van der Waals surface area contributed by atoms with Crippen LogP contribution in [0, 0.1) is 0 Å². The minimum atomic E-state index is 0.367. The first-order valence-electron chi connectivity index (χ1n) is 4.68. The Morgan fingerprint density at radius 1 is 1.20 bits per heavy atom. The summed E-state index contributed by atoms with van der Waals surface area (Å²) in [6.45, 7) is 1.81. The van der Waals surface area contributed by atoms with Crippen LogP contribution in [0.4, 0.5) is 0 Å². The first-order valence-corrected chi connectivity index (χ1v) is 4.68. The lowest BCUT2D eigenvalue weighted by Gasteiger charge is -2.07. The molecule has 0 atom stereocenters. The fraction of sp³-hybridized carbons (Fsp3) is 0.167. The maximum Gasteiger partial charge on any atom is 0.191 e. The number of benzene rings is 1. The van der Waals surface area contributed by atoms with Crippen molar-refractivity contribution in [2.75, 3.05) is 7.11 Å². The van der Waals surface area contributed by atoms with Gasteiger partial charge in [0.05, 0.1) is 7.11 Å². The van der Waals surface area contributed by atoms with Crippen molar-refractivity contribution >= 4 is 5.57 Å². The van der Waals surface area contributed by atoms with Gasteiger partial charge < -0.3 is 16.2 Å². The van der Waals surface area contributed by atoms with E-state index in [1.807, 2.05) is 37.3 Å². The predicted molar refractivity (Wildman–Crippen MR) is 62.5 cm³/mol. The van der Waals surface area contributed by atoms with Crippen LogP contribution < -0.4 is 11.5 Å². The van der Waals surface area contributed by atoms with Gasteiger partial charge in [0.15, 0.2) is 5.88 Å². The van der Waals surface area contributed by atoms with Crippen molar-refractivity contribution in [3.63, 3.8) is 0 Å². The Balaban J connectivity index is 3.20. The van der Waals surface area contributed by atoms with Crippen LogP contribution in [-0.4, -0.2) is 7.11 Å². The third kappa shape index (κ3) is 3.06. The molecule has 1 aromatic carbocycles. The Bertz CT molecular complexity index is 376. The smallest absolute Gasteiger partial charge is 0.191 e. The normalized spacial score (nSPS) is 13.3. The van der Waals surface area contributed by atoms with Gasteiger partial charge >= 0.3 is 0 Å². The summed E-state index contributed by atoms with van der Waals surface area (Å²) in [5.74, 6) is 0.367. The van der Waals surface area contributed by atoms with E-state index in [1.165, 1.54) is 7.11 Å². The maximum atomic E-state index is 5.75. The van der Waals surface area contributed by atoms with Crippen LogP contribution in [0.2, 0.25) is 0 Å². The number of rotatable bonds is 3. The zero-order chi connectivity index (χ0) is 11.3. The lowest BCUT2D eigenvalue weighted by atomic mass is 10.1. The van der Waals surface area contributed by atoms with E-state index < -0.39 is 0 Å². The molecule has 1 aromatic rings. The van der Waals surface area contributed by atoms with Crippen molar-refractivity contribution in [3.05, 3.63) is 53.6 Å². The average Bonchev–Trinajstić information content (AvgIpc) is 2.26. The Labute approximate surface area is 90.0 Å². The highest BCUT2D eigenvalue weighted by atomic mass is 16.5. The van der Waals surface area contributed by atoms with Gasteiger partial charge in [-0.1, -0.05) is 30.3 Å². The standard InChI is InChI=1S/C12H16N2O/c1-9(13)8-11(12(14)15-2)10-6-4-3-5-7-10/h3-8H,13-14H2,1-2H3/b9-8+,12-11-. The second kappa shape index (κ2) is 5.10. The summed E-state index contributed by atoms with van der Waals surface area (Å²) >= 11 is 0. The van der Waals surface area contributed by atoms with Gasteiger partial charge in [-0.05, 0) is 18.6 Å². The number of methoxy groups -OCH3 is 1. The molecule has 0 aliphatic rings. The molecule has 3 heteroatoms. The van der Waals surface area contributed by atoms with Gasteiger partial charge in [0, 0.05) is 11.3 Å². The SMILES string of the molecule is CO/C(N)=C(/C=C(\C)N)c1ccccc1. The summed E-state index contributed by atoms with van der Waals surface area (Å²) < 4.78 is 5.02. The number of hydrogen-bond acceptors (Lipinski definition) is 3. The van der Waals surface area contributed by atoms with Crippen molar-refractivity contribution in [3.8, 4) is 0 Å². The average molecular weight is 204 g/mol. The van der Waals surface area contributed by atoms with Crippen molar-refractivity contribution in [1.29, 1.82) is 0 Å². The monoisotopic (exact) mass is 204 g/mol. The van der Waals surface area contributed by atoms with Crippen LogP contribution in [0.5, 0.6) is 0 Å². The van der Waals surface area contributed by atoms with E-state index in [0.717, 1.165) is 11.1 Å². The molecule has 0 aromatic heterocycles. The summed E-state index contributed by atoms with van der Waals surface area (Å²) in [5, 5.41) is 0. The quantitative estimate of drug-likeness (QED) is 0.583. The van der Waals surface area contributed by atoms with Gasteiger partial charge in [-0.3, -0.25) is 0 Å². The van der Waals surface area contributed by atoms with Crippen LogP contribution in [0.1, 0.15) is 12.5 Å². The summed E-state index contributed by atoms with van der Waals surface area (Å²) in [6.07, 6.45) is 1.80. The van der Waals surface area contributed by atoms with E-state index in [4.69, 9.17) is 16.2 Å². The molecule has 0 fully saturated rings. The first kappa shape index (κ1) is 11.2. The second-order valence-corrected chi connectivity index (χ2v) is 3.24. The van der Waals surface area contributed by atoms with E-state index in [2.05, 4.69) is 0 Å². The molecule has 0 aliphatic carbocycles. The Morgan fingerprint density at radius 3 is 2.27 bits per heavy atom. The lowest BCUT2D eigenvalue weighted by Crippen LogP contribution is -2.04. The highest BCUT2D eigenvalue weighted by molar-refractivity contribution is 5.75. The molecule has 1 rings (SSSR count). The molecule has 0 heterocycles. The molecule has 15 heavy (non-hydrogen) atoms. The van der Waals surface area contributed by atoms with E-state index >= 15 is 0 Å². The third-order valence-electron chi connectivity index (χ3n) is 1.94. The van der Waals surface area contributed by atoms with Gasteiger partial charge in [-0.15, -0.1) is 0 Å². The molecule has 0 spiro atoms. The molecular weight excluding hydrogens is 188 g/mol. The Kier molecular flexibility index (Phi) is 3.80. The lowest BCUT2D eigenvalue weighted by molar-refractivity contribution is 0.290. The molecule has 4 N–H and O–H groups in total. The second-order valence-electron chi connectivity index (χ2n) is 3.24. The first-order chi connectivity index (χ1) is 7.15. The van der Waals surface area contributed by atoms with Crippen molar-refractivity contribution in [2.24, 2.45) is 11.5 Å². The van der Waals surface area contributed by atoms with Crippen molar-refractivity contribution < 1.29 is 4.74 Å². The molecule has 0 unspecified atom stereocenters. The van der Waals surface area contributed by atoms with E-state index in [1.54, 1.807) is 6.08 Å². The van der Waals surface area contributed by atoms with Gasteiger partial charge in [-0.25, -0.2) is 0 Å². The summed E-state index contributed by atoms with van der Waals surface area (Å²) in [4.78, 5) is 0. The minimum absolute atomic E-state index is 0.367. The topological polar surface area (TPSA) is 61.3 Å². The van der Waals surface area contributed by atoms with Gasteiger partial charge in [0.2, 0.25) is 0 Å². The number of nitrogens with two attached hydrogens (primary N) is 2. The van der Waals surface area contributed by atoms with Crippen molar-refractivity contribution in [2.45, 2.75) is 6.92 Å². The van der Waals surface area contributed by atoms with Gasteiger partial charge in [0.1, 0.15) is 0 Å². The molecule has 3 nitrogen and oxygen atoms in total. The summed E-state index contributed by atoms with van der Waals surface area (Å²) in [7, 11) is 1.54. The highest BCUT2D eigenvalue weighted by Gasteiger charge is 2.04. The fourth-order valence-corrected chi connectivity index (χ4v) is 1.25. The zero-order valence-corrected chi connectivity index (χ0v) is 9.03. The van der Waals surface area contributed by atoms with E-state index in [-0.39, 0.29) is 0 Å². The number of ether oxygens (including phenoxy) is 1. The molecule has 0 amide bonds. The molecular formula is C12H16N2O. The molecule has 0 radical (unpaired) electrons. The molecule has 0 aliphatic heterocycles. The molecule has 0 saturated heterocycles. The number of hydrogen-bond donors (Lipinski definition) is 2. The van der Waals surface area contributed by atoms with Crippen molar-refractivity contribution in [1.82, 2.24) is 0 Å². The molecule has 0 saturated carbocycles. The van der Waals surface area contributed by atoms with Crippen LogP contribution in [0.3, 0.4) is 0 Å². The predicted octanol–water partition coefficient (Wildman–Crippen LogP) is 1.82. The highest BCUT2D eigenvalue weighted by Crippen LogP contribution is 2.18. The molecule has 80 valence electrons. The van der Waals surface area contributed by atoms with Crippen LogP contribution in [0.25, 0.3) is 5.57 Å². The fourth-order valence-electron chi connectivity index (χ4n) is 1.25. The van der Waals surface area contributed by atoms with Gasteiger partial charge in [-0.2, -0.15) is 0 Å². The third-order valence-corrected chi connectivity index (χ3v) is 1.94. The van der Waals surface area contributed by atoms with Crippen LogP contribution in [-0.2, 0) is 4.74 Å². The minimum Gasteiger partial charge on any atom is -0.482 e.